The number of ether oxygens (including phenoxy) is 1. The molecule has 0 atom stereocenters. The molecule has 176 valence electrons. The van der Waals surface area contributed by atoms with E-state index in [-0.39, 0.29) is 12.1 Å². The molecular formula is C26H39N3O3. The van der Waals surface area contributed by atoms with E-state index in [4.69, 9.17) is 4.74 Å². The molecule has 32 heavy (non-hydrogen) atoms. The van der Waals surface area contributed by atoms with Crippen LogP contribution in [0.15, 0.2) is 24.3 Å². The summed E-state index contributed by atoms with van der Waals surface area (Å²) in [5.74, 6) is 3.59. The second-order valence-corrected chi connectivity index (χ2v) is 10.8. The van der Waals surface area contributed by atoms with Crippen LogP contribution < -0.4 is 4.74 Å². The fourth-order valence-corrected chi connectivity index (χ4v) is 7.46. The van der Waals surface area contributed by atoms with Crippen LogP contribution in [0, 0.1) is 17.8 Å². The molecule has 5 aliphatic rings. The molecule has 0 unspecified atom stereocenters. The van der Waals surface area contributed by atoms with Crippen molar-refractivity contribution in [3.63, 3.8) is 0 Å². The van der Waals surface area contributed by atoms with Crippen LogP contribution in [0.3, 0.4) is 0 Å². The number of piperazine rings is 1. The number of β-amino-alcohol motifs (C(OH)–C–C–N with tert-alkyl or cyclic N) is 1. The number of carbonyl (C=O) groups is 1. The maximum Gasteiger partial charge on any atom is 0.237 e. The van der Waals surface area contributed by atoms with Crippen molar-refractivity contribution in [2.24, 2.45) is 17.8 Å². The highest BCUT2D eigenvalue weighted by molar-refractivity contribution is 5.79. The normalized spacial score (nSPS) is 32.2. The minimum Gasteiger partial charge on any atom is -0.497 e. The van der Waals surface area contributed by atoms with Gasteiger partial charge in [0.25, 0.3) is 0 Å². The van der Waals surface area contributed by atoms with E-state index in [9.17, 15) is 9.90 Å². The van der Waals surface area contributed by atoms with Crippen molar-refractivity contribution in [3.8, 4) is 5.75 Å². The van der Waals surface area contributed by atoms with Gasteiger partial charge in [-0.25, -0.2) is 0 Å². The lowest BCUT2D eigenvalue weighted by molar-refractivity contribution is -0.154. The van der Waals surface area contributed by atoms with Gasteiger partial charge in [-0.2, -0.15) is 0 Å². The van der Waals surface area contributed by atoms with Gasteiger partial charge in [0.2, 0.25) is 5.91 Å². The maximum atomic E-state index is 13.9. The minimum absolute atomic E-state index is 0.0492. The molecule has 6 rings (SSSR count). The summed E-state index contributed by atoms with van der Waals surface area (Å²) in [6, 6.07) is 8.24. The molecule has 4 saturated carbocycles. The quantitative estimate of drug-likeness (QED) is 0.672. The van der Waals surface area contributed by atoms with E-state index in [1.807, 2.05) is 12.1 Å². The van der Waals surface area contributed by atoms with Gasteiger partial charge in [-0.05, 0) is 74.0 Å². The van der Waals surface area contributed by atoms with Crippen molar-refractivity contribution in [1.82, 2.24) is 14.7 Å². The first kappa shape index (κ1) is 22.2. The fraction of sp³-hybridized carbons (Fsp3) is 0.731. The number of hydrogen-bond donors (Lipinski definition) is 1. The Hall–Kier alpha value is -1.63. The van der Waals surface area contributed by atoms with Crippen LogP contribution in [0.4, 0.5) is 0 Å². The van der Waals surface area contributed by atoms with Crippen LogP contribution in [0.5, 0.6) is 5.75 Å². The number of aliphatic hydroxyl groups is 1. The Kier molecular flexibility index (Phi) is 6.46. The number of nitrogens with zero attached hydrogens (tertiary/aromatic N) is 3. The van der Waals surface area contributed by atoms with Gasteiger partial charge in [-0.1, -0.05) is 12.1 Å². The number of amides is 1. The Labute approximate surface area is 192 Å². The molecule has 1 N–H and O–H groups in total. The molecule has 5 fully saturated rings. The molecule has 1 saturated heterocycles. The van der Waals surface area contributed by atoms with E-state index in [0.29, 0.717) is 19.0 Å². The molecular weight excluding hydrogens is 402 g/mol. The van der Waals surface area contributed by atoms with Crippen molar-refractivity contribution < 1.29 is 14.6 Å². The molecule has 0 radical (unpaired) electrons. The Morgan fingerprint density at radius 2 is 1.69 bits per heavy atom. The van der Waals surface area contributed by atoms with Crippen LogP contribution in [-0.4, -0.2) is 84.2 Å². The molecule has 1 heterocycles. The van der Waals surface area contributed by atoms with Crippen LogP contribution in [0.2, 0.25) is 0 Å². The van der Waals surface area contributed by atoms with E-state index in [2.05, 4.69) is 26.8 Å². The lowest BCUT2D eigenvalue weighted by atomic mass is 9.52. The van der Waals surface area contributed by atoms with Crippen molar-refractivity contribution >= 4 is 5.91 Å². The summed E-state index contributed by atoms with van der Waals surface area (Å²) in [6.07, 6.45) is 7.73. The molecule has 6 heteroatoms. The number of aliphatic hydroxyl groups excluding tert-OH is 1. The number of rotatable bonds is 8. The van der Waals surface area contributed by atoms with Gasteiger partial charge in [0.05, 0.1) is 20.3 Å². The van der Waals surface area contributed by atoms with E-state index in [1.165, 1.54) is 44.1 Å². The van der Waals surface area contributed by atoms with Gasteiger partial charge in [0.1, 0.15) is 5.75 Å². The van der Waals surface area contributed by atoms with Gasteiger partial charge in [-0.3, -0.25) is 14.6 Å². The lowest BCUT2D eigenvalue weighted by Gasteiger charge is -2.60. The molecule has 4 aliphatic carbocycles. The van der Waals surface area contributed by atoms with E-state index in [1.54, 1.807) is 7.11 Å². The zero-order chi connectivity index (χ0) is 22.1. The van der Waals surface area contributed by atoms with Crippen molar-refractivity contribution in [2.75, 3.05) is 53.0 Å². The maximum absolute atomic E-state index is 13.9. The highest BCUT2D eigenvalue weighted by Crippen LogP contribution is 2.58. The Morgan fingerprint density at radius 1 is 1.06 bits per heavy atom. The number of carbonyl (C=O) groups excluding carboxylic acids is 1. The molecule has 1 aromatic rings. The van der Waals surface area contributed by atoms with Gasteiger partial charge in [-0.15, -0.1) is 0 Å². The van der Waals surface area contributed by atoms with Crippen LogP contribution >= 0.6 is 0 Å². The van der Waals surface area contributed by atoms with Gasteiger partial charge in [0, 0.05) is 44.8 Å². The lowest BCUT2D eigenvalue weighted by Crippen LogP contribution is -2.62. The van der Waals surface area contributed by atoms with Gasteiger partial charge < -0.3 is 14.7 Å². The number of benzene rings is 1. The van der Waals surface area contributed by atoms with Crippen molar-refractivity contribution in [1.29, 1.82) is 0 Å². The highest BCUT2D eigenvalue weighted by Gasteiger charge is 2.54. The molecule has 0 aromatic heterocycles. The summed E-state index contributed by atoms with van der Waals surface area (Å²) in [5, 5.41) is 9.21. The number of hydrogen-bond acceptors (Lipinski definition) is 5. The predicted octanol–water partition coefficient (Wildman–Crippen LogP) is 2.60. The smallest absolute Gasteiger partial charge is 0.237 e. The van der Waals surface area contributed by atoms with Crippen LogP contribution in [-0.2, 0) is 11.3 Å². The zero-order valence-corrected chi connectivity index (χ0v) is 19.5. The topological polar surface area (TPSA) is 56.2 Å². The second-order valence-electron chi connectivity index (χ2n) is 10.8. The minimum atomic E-state index is 0.0492. The summed E-state index contributed by atoms with van der Waals surface area (Å²) >= 11 is 0. The van der Waals surface area contributed by atoms with E-state index >= 15 is 0 Å². The third-order valence-electron chi connectivity index (χ3n) is 8.59. The Bertz CT molecular complexity index is 770. The summed E-state index contributed by atoms with van der Waals surface area (Å²) in [6.45, 7) is 5.81. The summed E-state index contributed by atoms with van der Waals surface area (Å²) < 4.78 is 5.46. The van der Waals surface area contributed by atoms with Crippen LogP contribution in [0.25, 0.3) is 0 Å². The van der Waals surface area contributed by atoms with Crippen molar-refractivity contribution in [2.45, 2.75) is 50.6 Å². The van der Waals surface area contributed by atoms with Gasteiger partial charge >= 0.3 is 0 Å². The zero-order valence-electron chi connectivity index (χ0n) is 19.5. The predicted molar refractivity (Wildman–Crippen MR) is 124 cm³/mol. The third kappa shape index (κ3) is 4.55. The molecule has 4 bridgehead atoms. The SMILES string of the molecule is COc1cccc(CN(C(=O)CN2CCN(CCO)CC2)C23CC4CC(CC(C4)C2)C3)c1. The summed E-state index contributed by atoms with van der Waals surface area (Å²) in [7, 11) is 1.71. The summed E-state index contributed by atoms with van der Waals surface area (Å²) in [4.78, 5) is 20.8. The monoisotopic (exact) mass is 441 g/mol. The number of methoxy groups -OCH3 is 1. The first-order chi connectivity index (χ1) is 15.6. The Morgan fingerprint density at radius 3 is 2.28 bits per heavy atom. The molecule has 1 aliphatic heterocycles. The van der Waals surface area contributed by atoms with E-state index in [0.717, 1.165) is 56.2 Å². The molecule has 6 nitrogen and oxygen atoms in total. The van der Waals surface area contributed by atoms with E-state index < -0.39 is 0 Å². The van der Waals surface area contributed by atoms with Gasteiger partial charge in [0.15, 0.2) is 0 Å². The molecule has 0 spiro atoms. The molecule has 1 aromatic carbocycles. The first-order valence-corrected chi connectivity index (χ1v) is 12.6. The largest absolute Gasteiger partial charge is 0.497 e. The first-order valence-electron chi connectivity index (χ1n) is 12.6. The fourth-order valence-electron chi connectivity index (χ4n) is 7.46. The highest BCUT2D eigenvalue weighted by atomic mass is 16.5. The standard InChI is InChI=1S/C26H39N3O3/c1-32-24-4-2-3-20(14-24)18-29(25(31)19-28-7-5-27(6-8-28)9-10-30)26-15-21-11-22(16-26)13-23(12-21)17-26/h2-4,14,21-23,30H,5-13,15-19H2,1H3. The van der Waals surface area contributed by atoms with Crippen molar-refractivity contribution in [3.05, 3.63) is 29.8 Å². The average molecular weight is 442 g/mol. The Balaban J connectivity index is 1.34. The second kappa shape index (κ2) is 9.32. The summed E-state index contributed by atoms with van der Waals surface area (Å²) in [5.41, 5.74) is 1.22. The average Bonchev–Trinajstić information content (AvgIpc) is 2.78. The third-order valence-corrected chi connectivity index (χ3v) is 8.59. The molecule has 1 amide bonds. The van der Waals surface area contributed by atoms with Crippen LogP contribution in [0.1, 0.15) is 44.1 Å².